The molecule has 0 radical (unpaired) electrons. The van der Waals surface area contributed by atoms with Crippen LogP contribution in [0.3, 0.4) is 0 Å². The van der Waals surface area contributed by atoms with E-state index in [1.54, 1.807) is 13.0 Å². The van der Waals surface area contributed by atoms with Gasteiger partial charge in [0.05, 0.1) is 12.7 Å². The minimum absolute atomic E-state index is 0.128. The van der Waals surface area contributed by atoms with Crippen LogP contribution in [0, 0.1) is 18.7 Å². The van der Waals surface area contributed by atoms with Crippen molar-refractivity contribution in [2.75, 3.05) is 19.3 Å². The number of nitrogens with zero attached hydrogens (tertiary/aromatic N) is 1. The number of hydrogen-bond donors (Lipinski definition) is 1. The highest BCUT2D eigenvalue weighted by Crippen LogP contribution is 2.24. The number of sulfonamides is 1. The van der Waals surface area contributed by atoms with Gasteiger partial charge >= 0.3 is 0 Å². The summed E-state index contributed by atoms with van der Waals surface area (Å²) >= 11 is 0. The van der Waals surface area contributed by atoms with E-state index in [1.165, 1.54) is 22.7 Å². The van der Waals surface area contributed by atoms with Gasteiger partial charge in [-0.2, -0.15) is 4.31 Å². The molecule has 1 aromatic carbocycles. The van der Waals surface area contributed by atoms with Gasteiger partial charge < -0.3 is 5.32 Å². The number of carbonyl (C=O) groups is 1. The molecule has 1 saturated heterocycles. The lowest BCUT2D eigenvalue weighted by molar-refractivity contribution is -0.121. The Morgan fingerprint density at radius 1 is 1.38 bits per heavy atom. The molecule has 1 aromatic rings. The molecule has 1 amide bonds. The number of amides is 1. The molecule has 1 fully saturated rings. The molecule has 5 nitrogen and oxygen atoms in total. The van der Waals surface area contributed by atoms with Crippen LogP contribution < -0.4 is 5.32 Å². The van der Waals surface area contributed by atoms with Gasteiger partial charge in [-0.3, -0.25) is 4.79 Å². The van der Waals surface area contributed by atoms with E-state index in [0.717, 1.165) is 24.0 Å². The van der Waals surface area contributed by atoms with E-state index >= 15 is 0 Å². The van der Waals surface area contributed by atoms with Crippen LogP contribution in [0.5, 0.6) is 0 Å². The average molecular weight is 356 g/mol. The lowest BCUT2D eigenvalue weighted by Crippen LogP contribution is -2.41. The Balaban J connectivity index is 2.03. The molecule has 0 aromatic heterocycles. The number of hydrogen-bond acceptors (Lipinski definition) is 3. The standard InChI is InChI=1S/C17H25FN2O3S/c1-4-5-14-10-20(24(3,22)23)11-16(14)19-17(21)9-13-6-7-15(18)8-12(13)2/h6-8,14,16H,4-5,9-11H2,1-3H3,(H,19,21)/t14-,16-/m1/s1. The van der Waals surface area contributed by atoms with Crippen molar-refractivity contribution in [3.8, 4) is 0 Å². The maximum Gasteiger partial charge on any atom is 0.224 e. The Bertz CT molecular complexity index is 706. The molecule has 1 aliphatic rings. The minimum atomic E-state index is -3.25. The number of carbonyl (C=O) groups excluding carboxylic acids is 1. The summed E-state index contributed by atoms with van der Waals surface area (Å²) in [5.74, 6) is -0.353. The highest BCUT2D eigenvalue weighted by molar-refractivity contribution is 7.88. The zero-order valence-electron chi connectivity index (χ0n) is 14.4. The Morgan fingerprint density at radius 2 is 2.08 bits per heavy atom. The van der Waals surface area contributed by atoms with E-state index in [9.17, 15) is 17.6 Å². The quantitative estimate of drug-likeness (QED) is 0.846. The van der Waals surface area contributed by atoms with Gasteiger partial charge in [0.2, 0.25) is 15.9 Å². The van der Waals surface area contributed by atoms with Crippen LogP contribution >= 0.6 is 0 Å². The van der Waals surface area contributed by atoms with Gasteiger partial charge in [-0.05, 0) is 42.5 Å². The Hall–Kier alpha value is -1.47. The zero-order valence-corrected chi connectivity index (χ0v) is 15.2. The smallest absolute Gasteiger partial charge is 0.224 e. The summed E-state index contributed by atoms with van der Waals surface area (Å²) in [5.41, 5.74) is 1.51. The summed E-state index contributed by atoms with van der Waals surface area (Å²) in [6.07, 6.45) is 3.17. The van der Waals surface area contributed by atoms with Crippen molar-refractivity contribution < 1.29 is 17.6 Å². The monoisotopic (exact) mass is 356 g/mol. The van der Waals surface area contributed by atoms with Gasteiger partial charge in [-0.15, -0.1) is 0 Å². The fourth-order valence-corrected chi connectivity index (χ4v) is 4.11. The van der Waals surface area contributed by atoms with Crippen molar-refractivity contribution in [1.29, 1.82) is 0 Å². The maximum absolute atomic E-state index is 13.1. The first kappa shape index (κ1) is 18.9. The van der Waals surface area contributed by atoms with E-state index in [-0.39, 0.29) is 30.1 Å². The van der Waals surface area contributed by atoms with E-state index in [4.69, 9.17) is 0 Å². The lowest BCUT2D eigenvalue weighted by atomic mass is 9.97. The normalized spacial score (nSPS) is 21.8. The van der Waals surface area contributed by atoms with Gasteiger partial charge in [-0.25, -0.2) is 12.8 Å². The fraction of sp³-hybridized carbons (Fsp3) is 0.588. The Morgan fingerprint density at radius 3 is 2.67 bits per heavy atom. The number of rotatable bonds is 6. The van der Waals surface area contributed by atoms with Crippen LogP contribution in [0.2, 0.25) is 0 Å². The van der Waals surface area contributed by atoms with Gasteiger partial charge in [0, 0.05) is 19.1 Å². The second-order valence-corrected chi connectivity index (χ2v) is 8.53. The first-order valence-electron chi connectivity index (χ1n) is 8.20. The molecule has 0 saturated carbocycles. The molecule has 24 heavy (non-hydrogen) atoms. The van der Waals surface area contributed by atoms with Crippen molar-refractivity contribution in [2.45, 2.75) is 39.2 Å². The molecule has 7 heteroatoms. The molecule has 0 spiro atoms. The Kier molecular flexibility index (Phi) is 5.98. The van der Waals surface area contributed by atoms with Gasteiger partial charge in [0.25, 0.3) is 0 Å². The average Bonchev–Trinajstić information content (AvgIpc) is 2.85. The Labute approximate surface area is 143 Å². The third-order valence-corrected chi connectivity index (χ3v) is 5.77. The lowest BCUT2D eigenvalue weighted by Gasteiger charge is -2.19. The minimum Gasteiger partial charge on any atom is -0.351 e. The molecule has 134 valence electrons. The molecule has 0 bridgehead atoms. The topological polar surface area (TPSA) is 66.5 Å². The van der Waals surface area contributed by atoms with Crippen LogP contribution in [0.15, 0.2) is 18.2 Å². The molecule has 0 unspecified atom stereocenters. The summed E-state index contributed by atoms with van der Waals surface area (Å²) in [6, 6.07) is 4.19. The SMILES string of the molecule is CCC[C@@H]1CN(S(C)(=O)=O)C[C@H]1NC(=O)Cc1ccc(F)cc1C. The number of halogens is 1. The largest absolute Gasteiger partial charge is 0.351 e. The number of aryl methyl sites for hydroxylation is 1. The maximum atomic E-state index is 13.1. The summed E-state index contributed by atoms with van der Waals surface area (Å²) in [5, 5.41) is 2.97. The van der Waals surface area contributed by atoms with E-state index in [0.29, 0.717) is 13.1 Å². The summed E-state index contributed by atoms with van der Waals surface area (Å²) in [6.45, 7) is 4.58. The third kappa shape index (κ3) is 4.77. The third-order valence-electron chi connectivity index (χ3n) is 4.54. The van der Waals surface area contributed by atoms with Gasteiger partial charge in [0.15, 0.2) is 0 Å². The number of benzene rings is 1. The van der Waals surface area contributed by atoms with Gasteiger partial charge in [0.1, 0.15) is 5.82 Å². The van der Waals surface area contributed by atoms with E-state index in [1.807, 2.05) is 6.92 Å². The van der Waals surface area contributed by atoms with Crippen molar-refractivity contribution >= 4 is 15.9 Å². The van der Waals surface area contributed by atoms with Crippen molar-refractivity contribution in [3.63, 3.8) is 0 Å². The van der Waals surface area contributed by atoms with Crippen LogP contribution in [-0.4, -0.2) is 44.0 Å². The van der Waals surface area contributed by atoms with Crippen LogP contribution in [0.4, 0.5) is 4.39 Å². The molecule has 1 aliphatic heterocycles. The molecular weight excluding hydrogens is 331 g/mol. The molecule has 1 N–H and O–H groups in total. The second kappa shape index (κ2) is 7.61. The second-order valence-electron chi connectivity index (χ2n) is 6.55. The van der Waals surface area contributed by atoms with Crippen LogP contribution in [-0.2, 0) is 21.2 Å². The summed E-state index contributed by atoms with van der Waals surface area (Å²) < 4.78 is 38.1. The molecule has 0 aliphatic carbocycles. The van der Waals surface area contributed by atoms with Crippen LogP contribution in [0.25, 0.3) is 0 Å². The first-order chi connectivity index (χ1) is 11.2. The van der Waals surface area contributed by atoms with Crippen molar-refractivity contribution in [2.24, 2.45) is 5.92 Å². The predicted molar refractivity (Wildman–Crippen MR) is 91.6 cm³/mol. The zero-order chi connectivity index (χ0) is 17.9. The van der Waals surface area contributed by atoms with Crippen LogP contribution in [0.1, 0.15) is 30.9 Å². The molecule has 2 rings (SSSR count). The summed E-state index contributed by atoms with van der Waals surface area (Å²) in [7, 11) is -3.25. The molecular formula is C17H25FN2O3S. The van der Waals surface area contributed by atoms with Crippen molar-refractivity contribution in [3.05, 3.63) is 35.1 Å². The fourth-order valence-electron chi connectivity index (χ4n) is 3.22. The van der Waals surface area contributed by atoms with Gasteiger partial charge in [-0.1, -0.05) is 19.4 Å². The first-order valence-corrected chi connectivity index (χ1v) is 10.0. The van der Waals surface area contributed by atoms with Crippen molar-refractivity contribution in [1.82, 2.24) is 9.62 Å². The predicted octanol–water partition coefficient (Wildman–Crippen LogP) is 1.85. The molecule has 1 heterocycles. The highest BCUT2D eigenvalue weighted by atomic mass is 32.2. The molecule has 2 atom stereocenters. The summed E-state index contributed by atoms with van der Waals surface area (Å²) in [4.78, 5) is 12.3. The number of nitrogens with one attached hydrogen (secondary N) is 1. The highest BCUT2D eigenvalue weighted by Gasteiger charge is 2.37. The van der Waals surface area contributed by atoms with E-state index < -0.39 is 10.0 Å². The van der Waals surface area contributed by atoms with E-state index in [2.05, 4.69) is 5.32 Å².